The molecule has 2 aliphatic heterocycles. The van der Waals surface area contributed by atoms with Crippen LogP contribution in [0.5, 0.6) is 0 Å². The van der Waals surface area contributed by atoms with Crippen LogP contribution in [0, 0.1) is 0 Å². The van der Waals surface area contributed by atoms with Crippen LogP contribution in [0.3, 0.4) is 0 Å². The number of benzene rings is 7. The minimum atomic E-state index is -0.227. The third-order valence-electron chi connectivity index (χ3n) is 13.1. The van der Waals surface area contributed by atoms with Crippen molar-refractivity contribution in [1.29, 1.82) is 0 Å². The zero-order valence-electron chi connectivity index (χ0n) is 37.5. The summed E-state index contributed by atoms with van der Waals surface area (Å²) in [7, 11) is 0. The van der Waals surface area contributed by atoms with E-state index in [1.54, 1.807) is 0 Å². The molecule has 0 fully saturated rings. The van der Waals surface area contributed by atoms with Crippen molar-refractivity contribution in [2.45, 2.75) is 97.8 Å². The van der Waals surface area contributed by atoms with E-state index in [0.29, 0.717) is 0 Å². The molecule has 2 aliphatic rings. The van der Waals surface area contributed by atoms with Crippen molar-refractivity contribution in [3.63, 3.8) is 0 Å². The summed E-state index contributed by atoms with van der Waals surface area (Å²) in [4.78, 5) is 4.89. The molecular weight excluding hydrogens is 723 g/mol. The molecule has 0 amide bonds. The maximum absolute atomic E-state index is 2.56. The molecule has 0 aromatic heterocycles. The molecular formula is C57H59BN2. The lowest BCUT2D eigenvalue weighted by atomic mass is 9.29. The second-order valence-corrected chi connectivity index (χ2v) is 20.7. The van der Waals surface area contributed by atoms with Crippen LogP contribution in [0.2, 0.25) is 0 Å². The van der Waals surface area contributed by atoms with Crippen molar-refractivity contribution in [3.8, 4) is 11.1 Å². The van der Waals surface area contributed by atoms with Crippen LogP contribution in [0.1, 0.15) is 104 Å². The smallest absolute Gasteiger partial charge is 0.247 e. The summed E-state index contributed by atoms with van der Waals surface area (Å²) in [6.45, 7) is 26.1. The zero-order chi connectivity index (χ0) is 42.4. The van der Waals surface area contributed by atoms with Gasteiger partial charge in [0, 0.05) is 39.5 Å². The Kier molecular flexibility index (Phi) is 9.36. The molecule has 2 heterocycles. The molecule has 7 aromatic rings. The number of anilines is 6. The third-order valence-corrected chi connectivity index (χ3v) is 13.1. The molecule has 0 radical (unpaired) electrons. The number of rotatable bonds is 5. The fraction of sp³-hybridized carbons (Fsp3) is 0.263. The van der Waals surface area contributed by atoms with Crippen molar-refractivity contribution in [2.75, 3.05) is 9.80 Å². The number of nitrogens with zero attached hydrogens (tertiary/aromatic N) is 2. The summed E-state index contributed by atoms with van der Waals surface area (Å²) in [6, 6.07) is 59.3. The Morgan fingerprint density at radius 1 is 0.467 bits per heavy atom. The molecule has 0 saturated carbocycles. The van der Waals surface area contributed by atoms with Gasteiger partial charge in [-0.05, 0) is 127 Å². The number of fused-ring (bicyclic) bond motifs is 4. The van der Waals surface area contributed by atoms with E-state index in [0.717, 1.165) is 17.1 Å². The molecule has 60 heavy (non-hydrogen) atoms. The quantitative estimate of drug-likeness (QED) is 0.160. The summed E-state index contributed by atoms with van der Waals surface area (Å²) < 4.78 is 0. The largest absolute Gasteiger partial charge is 0.312 e. The standard InChI is InChI=1S/C57H59BN2/c1-54(2,3)40-25-30-45(31-26-40)60-50-34-27-41(55(4,5)6)37-49(50)58-48-36-39(24-32-46(48)57(10,11)52-47(56(7,8)9)33-35-51(60)53(52)58)38-22-28-44(29-23-38)59(42-18-14-12-15-19-42)43-20-16-13-17-21-43/h12-37H,1-11H3. The van der Waals surface area contributed by atoms with Gasteiger partial charge in [-0.1, -0.05) is 179 Å². The molecule has 3 heteroatoms. The summed E-state index contributed by atoms with van der Waals surface area (Å²) in [6.07, 6.45) is 0. The second kappa shape index (κ2) is 14.2. The lowest BCUT2D eigenvalue weighted by molar-refractivity contribution is 0.552. The van der Waals surface area contributed by atoms with Crippen molar-refractivity contribution in [3.05, 3.63) is 186 Å². The van der Waals surface area contributed by atoms with Gasteiger partial charge in [0.2, 0.25) is 6.71 Å². The molecule has 0 bridgehead atoms. The Morgan fingerprint density at radius 3 is 1.57 bits per heavy atom. The van der Waals surface area contributed by atoms with Gasteiger partial charge in [0.05, 0.1) is 0 Å². The molecule has 0 N–H and O–H groups in total. The maximum atomic E-state index is 2.56. The van der Waals surface area contributed by atoms with E-state index in [9.17, 15) is 0 Å². The monoisotopic (exact) mass is 782 g/mol. The van der Waals surface area contributed by atoms with Crippen LogP contribution in [-0.2, 0) is 21.7 Å². The lowest BCUT2D eigenvalue weighted by Crippen LogP contribution is -2.64. The highest BCUT2D eigenvalue weighted by Crippen LogP contribution is 2.47. The third kappa shape index (κ3) is 6.67. The normalized spacial score (nSPS) is 14.3. The van der Waals surface area contributed by atoms with Crippen molar-refractivity contribution >= 4 is 57.2 Å². The Labute approximate surface area is 360 Å². The molecule has 7 aromatic carbocycles. The zero-order valence-corrected chi connectivity index (χ0v) is 37.5. The van der Waals surface area contributed by atoms with E-state index in [1.807, 2.05) is 0 Å². The Balaban J connectivity index is 1.25. The van der Waals surface area contributed by atoms with Gasteiger partial charge in [-0.2, -0.15) is 0 Å². The lowest BCUT2D eigenvalue weighted by Gasteiger charge is -2.48. The van der Waals surface area contributed by atoms with Crippen molar-refractivity contribution in [2.24, 2.45) is 0 Å². The number of hydrogen-bond acceptors (Lipinski definition) is 2. The summed E-state index contributed by atoms with van der Waals surface area (Å²) >= 11 is 0. The maximum Gasteiger partial charge on any atom is 0.247 e. The number of hydrogen-bond donors (Lipinski definition) is 0. The SMILES string of the molecule is CC(C)(C)c1ccc(N2c3ccc(C(C)(C)C)cc3B3c4cc(-c5ccc(N(c6ccccc6)c6ccccc6)cc5)ccc4C(C)(C)c4c(C(C)(C)C)ccc2c43)cc1. The minimum absolute atomic E-state index is 0.00166. The van der Waals surface area contributed by atoms with Crippen LogP contribution in [0.15, 0.2) is 158 Å². The molecule has 0 unspecified atom stereocenters. The van der Waals surface area contributed by atoms with Crippen LogP contribution < -0.4 is 26.2 Å². The van der Waals surface area contributed by atoms with Gasteiger partial charge in [0.25, 0.3) is 0 Å². The average molecular weight is 783 g/mol. The predicted molar refractivity (Wildman–Crippen MR) is 261 cm³/mol. The van der Waals surface area contributed by atoms with E-state index in [2.05, 4.69) is 244 Å². The summed E-state index contributed by atoms with van der Waals surface area (Å²) in [5, 5.41) is 0. The Bertz CT molecular complexity index is 2670. The second-order valence-electron chi connectivity index (χ2n) is 20.7. The molecule has 0 aliphatic carbocycles. The summed E-state index contributed by atoms with van der Waals surface area (Å²) in [5.74, 6) is 0. The van der Waals surface area contributed by atoms with E-state index in [4.69, 9.17) is 0 Å². The molecule has 0 saturated heterocycles. The molecule has 0 atom stereocenters. The van der Waals surface area contributed by atoms with E-state index in [-0.39, 0.29) is 28.4 Å². The van der Waals surface area contributed by atoms with Gasteiger partial charge in [0.1, 0.15) is 0 Å². The van der Waals surface area contributed by atoms with Gasteiger partial charge in [-0.3, -0.25) is 0 Å². The fourth-order valence-corrected chi connectivity index (χ4v) is 9.94. The van der Waals surface area contributed by atoms with Gasteiger partial charge in [0.15, 0.2) is 0 Å². The number of para-hydroxylation sites is 2. The van der Waals surface area contributed by atoms with Crippen LogP contribution >= 0.6 is 0 Å². The van der Waals surface area contributed by atoms with Crippen LogP contribution in [0.4, 0.5) is 34.1 Å². The Hall–Kier alpha value is -5.80. The topological polar surface area (TPSA) is 6.48 Å². The highest BCUT2D eigenvalue weighted by atomic mass is 15.2. The first-order valence-electron chi connectivity index (χ1n) is 21.8. The first-order chi connectivity index (χ1) is 28.4. The van der Waals surface area contributed by atoms with Gasteiger partial charge in [-0.15, -0.1) is 0 Å². The molecule has 300 valence electrons. The minimum Gasteiger partial charge on any atom is -0.312 e. The van der Waals surface area contributed by atoms with Gasteiger partial charge in [-0.25, -0.2) is 0 Å². The van der Waals surface area contributed by atoms with E-state index >= 15 is 0 Å². The van der Waals surface area contributed by atoms with Crippen molar-refractivity contribution < 1.29 is 0 Å². The molecule has 9 rings (SSSR count). The molecule has 0 spiro atoms. The van der Waals surface area contributed by atoms with Crippen LogP contribution in [0.25, 0.3) is 11.1 Å². The highest BCUT2D eigenvalue weighted by Gasteiger charge is 2.48. The molecule has 2 nitrogen and oxygen atoms in total. The fourth-order valence-electron chi connectivity index (χ4n) is 9.94. The van der Waals surface area contributed by atoms with Gasteiger partial charge >= 0.3 is 0 Å². The van der Waals surface area contributed by atoms with E-state index in [1.165, 1.54) is 72.4 Å². The van der Waals surface area contributed by atoms with Gasteiger partial charge < -0.3 is 9.80 Å². The highest BCUT2D eigenvalue weighted by molar-refractivity contribution is 6.99. The predicted octanol–water partition coefficient (Wildman–Crippen LogP) is 13.7. The first-order valence-corrected chi connectivity index (χ1v) is 21.8. The van der Waals surface area contributed by atoms with E-state index < -0.39 is 0 Å². The summed E-state index contributed by atoms with van der Waals surface area (Å²) in [5.41, 5.74) is 20.7. The van der Waals surface area contributed by atoms with Crippen LogP contribution in [-0.4, -0.2) is 6.71 Å². The van der Waals surface area contributed by atoms with Crippen molar-refractivity contribution in [1.82, 2.24) is 0 Å². The Morgan fingerprint density at radius 2 is 1.00 bits per heavy atom. The average Bonchev–Trinajstić information content (AvgIpc) is 3.22. The first kappa shape index (κ1) is 39.7.